The van der Waals surface area contributed by atoms with Crippen molar-refractivity contribution in [3.05, 3.63) is 7.05 Å². The van der Waals surface area contributed by atoms with Gasteiger partial charge in [-0.2, -0.15) is 7.05 Å². The van der Waals surface area contributed by atoms with Crippen LogP contribution in [0.25, 0.3) is 0 Å². The van der Waals surface area contributed by atoms with Gasteiger partial charge in [0.25, 0.3) is 0 Å². The van der Waals surface area contributed by atoms with Crippen LogP contribution in [0.3, 0.4) is 0 Å². The Hall–Kier alpha value is -0.0800. The number of nitrogens with one attached hydrogen (secondary N) is 1. The lowest BCUT2D eigenvalue weighted by atomic mass is 10.1. The van der Waals surface area contributed by atoms with Gasteiger partial charge in [0, 0.05) is 13.6 Å². The molecule has 1 unspecified atom stereocenters. The van der Waals surface area contributed by atoms with E-state index >= 15 is 0 Å². The number of quaternary nitrogens is 1. The minimum absolute atomic E-state index is 1.18. The topological polar surface area (TPSA) is 7.68 Å². The van der Waals surface area contributed by atoms with Gasteiger partial charge in [-0.15, -0.1) is 0 Å². The summed E-state index contributed by atoms with van der Waals surface area (Å²) < 4.78 is 0. The van der Waals surface area contributed by atoms with Crippen LogP contribution in [-0.2, 0) is 0 Å². The Balaban J connectivity index is 2.05. The third-order valence-corrected chi connectivity index (χ3v) is 2.30. The van der Waals surface area contributed by atoms with Crippen molar-refractivity contribution in [3.8, 4) is 0 Å². The van der Waals surface area contributed by atoms with Gasteiger partial charge in [0.2, 0.25) is 0 Å². The predicted molar refractivity (Wildman–Crippen MR) is 47.4 cm³/mol. The summed E-state index contributed by atoms with van der Waals surface area (Å²) in [5.74, 6) is 0. The Morgan fingerprint density at radius 3 is 2.45 bits per heavy atom. The highest BCUT2D eigenvalue weighted by Crippen LogP contribution is 2.06. The molecular formula is C9H20N2. The van der Waals surface area contributed by atoms with E-state index in [1.54, 1.807) is 0 Å². The molecule has 2 heteroatoms. The highest BCUT2D eigenvalue weighted by molar-refractivity contribution is 4.63. The molecule has 1 saturated heterocycles. The third-order valence-electron chi connectivity index (χ3n) is 2.30. The van der Waals surface area contributed by atoms with Crippen molar-refractivity contribution in [1.29, 1.82) is 0 Å². The number of likely N-dealkylation sites (N-methyl/N-ethyl adjacent to an activating group) is 1. The van der Waals surface area contributed by atoms with Crippen LogP contribution in [0.15, 0.2) is 0 Å². The number of rotatable bonds is 3. The molecule has 1 fully saturated rings. The van der Waals surface area contributed by atoms with Crippen LogP contribution in [0.1, 0.15) is 19.3 Å². The van der Waals surface area contributed by atoms with Gasteiger partial charge in [-0.1, -0.05) is 6.42 Å². The van der Waals surface area contributed by atoms with Crippen molar-refractivity contribution < 1.29 is 4.90 Å². The van der Waals surface area contributed by atoms with E-state index in [1.807, 2.05) is 0 Å². The zero-order chi connectivity index (χ0) is 8.10. The first-order valence-electron chi connectivity index (χ1n) is 4.66. The summed E-state index contributed by atoms with van der Waals surface area (Å²) in [6.45, 7) is 5.04. The maximum Gasteiger partial charge on any atom is 0.0657 e. The summed E-state index contributed by atoms with van der Waals surface area (Å²) in [6, 6.07) is 0. The lowest BCUT2D eigenvalue weighted by molar-refractivity contribution is -0.831. The van der Waals surface area contributed by atoms with E-state index in [0.29, 0.717) is 0 Å². The first-order chi connectivity index (χ1) is 5.29. The van der Waals surface area contributed by atoms with E-state index in [9.17, 15) is 0 Å². The molecule has 0 aromatic carbocycles. The molecule has 0 spiro atoms. The van der Waals surface area contributed by atoms with Crippen LogP contribution in [-0.4, -0.2) is 38.1 Å². The van der Waals surface area contributed by atoms with E-state index in [2.05, 4.69) is 19.0 Å². The predicted octanol–water partition coefficient (Wildman–Crippen LogP) is -0.221. The van der Waals surface area contributed by atoms with Crippen molar-refractivity contribution in [3.63, 3.8) is 0 Å². The van der Waals surface area contributed by atoms with Crippen LogP contribution < -0.4 is 4.90 Å². The molecule has 0 radical (unpaired) electrons. The van der Waals surface area contributed by atoms with E-state index in [1.165, 1.54) is 50.3 Å². The number of nitrogens with zero attached hydrogens (tertiary/aromatic N) is 1. The van der Waals surface area contributed by atoms with E-state index < -0.39 is 0 Å². The normalized spacial score (nSPS) is 23.5. The Labute approximate surface area is 70.2 Å². The third kappa shape index (κ3) is 3.73. The lowest BCUT2D eigenvalue weighted by Crippen LogP contribution is -3.04. The van der Waals surface area contributed by atoms with Crippen molar-refractivity contribution in [2.45, 2.75) is 19.3 Å². The fraction of sp³-hybridized carbons (Fsp3) is 0.889. The minimum atomic E-state index is 1.18. The first kappa shape index (κ1) is 9.01. The molecule has 0 saturated carbocycles. The van der Waals surface area contributed by atoms with Gasteiger partial charge in [-0.3, -0.25) is 4.90 Å². The SMILES string of the molecule is [CH2-][NH+](C)CCN1CCCCC1. The second-order valence-electron chi connectivity index (χ2n) is 3.61. The molecule has 0 aliphatic carbocycles. The molecule has 0 amide bonds. The molecule has 0 aromatic heterocycles. The fourth-order valence-electron chi connectivity index (χ4n) is 1.53. The molecule has 11 heavy (non-hydrogen) atoms. The van der Waals surface area contributed by atoms with Crippen LogP contribution in [0, 0.1) is 7.05 Å². The molecule has 1 aliphatic rings. The highest BCUT2D eigenvalue weighted by atomic mass is 15.2. The molecule has 0 bridgehead atoms. The summed E-state index contributed by atoms with van der Waals surface area (Å²) in [7, 11) is 6.03. The molecule has 66 valence electrons. The molecular weight excluding hydrogens is 136 g/mol. The lowest BCUT2D eigenvalue weighted by Gasteiger charge is -2.27. The molecule has 1 atom stereocenters. The minimum Gasteiger partial charge on any atom is -0.469 e. The van der Waals surface area contributed by atoms with Crippen LogP contribution in [0.2, 0.25) is 0 Å². The molecule has 1 rings (SSSR count). The number of likely N-dealkylation sites (tertiary alicyclic amines) is 1. The van der Waals surface area contributed by atoms with Crippen molar-refractivity contribution in [2.24, 2.45) is 0 Å². The average molecular weight is 156 g/mol. The van der Waals surface area contributed by atoms with Crippen molar-refractivity contribution >= 4 is 0 Å². The van der Waals surface area contributed by atoms with Gasteiger partial charge in [-0.05, 0) is 25.9 Å². The zero-order valence-electron chi connectivity index (χ0n) is 7.60. The second-order valence-corrected chi connectivity index (χ2v) is 3.61. The Bertz CT molecular complexity index is 95.7. The van der Waals surface area contributed by atoms with Gasteiger partial charge in [0.15, 0.2) is 0 Å². The smallest absolute Gasteiger partial charge is 0.0657 e. The van der Waals surface area contributed by atoms with E-state index in [-0.39, 0.29) is 0 Å². The molecule has 1 aliphatic heterocycles. The largest absolute Gasteiger partial charge is 0.469 e. The van der Waals surface area contributed by atoms with E-state index in [0.717, 1.165) is 0 Å². The maximum absolute atomic E-state index is 3.91. The molecule has 0 aromatic rings. The molecule has 1 N–H and O–H groups in total. The standard InChI is InChI=1S/C9H20N2/c1-10(2)8-9-11-6-4-3-5-7-11/h10H,1,3-9H2,2H3. The fourth-order valence-corrected chi connectivity index (χ4v) is 1.53. The van der Waals surface area contributed by atoms with Gasteiger partial charge in [-0.25, -0.2) is 0 Å². The van der Waals surface area contributed by atoms with Crippen molar-refractivity contribution in [2.75, 3.05) is 33.2 Å². The number of piperidine rings is 1. The average Bonchev–Trinajstić information content (AvgIpc) is 2.03. The maximum atomic E-state index is 3.91. The van der Waals surface area contributed by atoms with Crippen LogP contribution in [0.4, 0.5) is 0 Å². The van der Waals surface area contributed by atoms with Gasteiger partial charge >= 0.3 is 0 Å². The molecule has 1 heterocycles. The highest BCUT2D eigenvalue weighted by Gasteiger charge is 2.09. The summed E-state index contributed by atoms with van der Waals surface area (Å²) in [5.41, 5.74) is 0. The summed E-state index contributed by atoms with van der Waals surface area (Å²) in [4.78, 5) is 3.87. The van der Waals surface area contributed by atoms with Crippen LogP contribution in [0.5, 0.6) is 0 Å². The van der Waals surface area contributed by atoms with Gasteiger partial charge < -0.3 is 4.90 Å². The van der Waals surface area contributed by atoms with E-state index in [4.69, 9.17) is 0 Å². The number of hydrogen-bond donors (Lipinski definition) is 1. The quantitative estimate of drug-likeness (QED) is 0.555. The summed E-state index contributed by atoms with van der Waals surface area (Å²) in [6.07, 6.45) is 4.23. The van der Waals surface area contributed by atoms with Gasteiger partial charge in [0.05, 0.1) is 6.54 Å². The second kappa shape index (κ2) is 4.73. The van der Waals surface area contributed by atoms with Crippen molar-refractivity contribution in [1.82, 2.24) is 4.90 Å². The van der Waals surface area contributed by atoms with Crippen LogP contribution >= 0.6 is 0 Å². The zero-order valence-corrected chi connectivity index (χ0v) is 7.60. The molecule has 2 nitrogen and oxygen atoms in total. The first-order valence-corrected chi connectivity index (χ1v) is 4.66. The van der Waals surface area contributed by atoms with Gasteiger partial charge in [0.1, 0.15) is 0 Å². The number of hydrogen-bond acceptors (Lipinski definition) is 1. The Morgan fingerprint density at radius 2 is 1.91 bits per heavy atom. The Morgan fingerprint density at radius 1 is 1.27 bits per heavy atom. The summed E-state index contributed by atoms with van der Waals surface area (Å²) in [5, 5.41) is 0. The Kier molecular flexibility index (Phi) is 3.87. The monoisotopic (exact) mass is 156 g/mol. The summed E-state index contributed by atoms with van der Waals surface area (Å²) >= 11 is 0.